The summed E-state index contributed by atoms with van der Waals surface area (Å²) in [7, 11) is 3.01. The molecule has 35 heavy (non-hydrogen) atoms. The molecule has 188 valence electrons. The zero-order chi connectivity index (χ0) is 24.9. The molecule has 10 nitrogen and oxygen atoms in total. The van der Waals surface area contributed by atoms with Crippen LogP contribution in [0.25, 0.3) is 0 Å². The minimum Gasteiger partial charge on any atom is -0.463 e. The smallest absolute Gasteiger partial charge is 0.258 e. The minimum absolute atomic E-state index is 0.0167. The highest BCUT2D eigenvalue weighted by Gasteiger charge is 2.29. The van der Waals surface area contributed by atoms with Crippen molar-refractivity contribution >= 4 is 17.6 Å². The second-order valence-corrected chi connectivity index (χ2v) is 8.06. The highest BCUT2D eigenvalue weighted by atomic mass is 19.1. The topological polar surface area (TPSA) is 110 Å². The molecule has 0 saturated carbocycles. The summed E-state index contributed by atoms with van der Waals surface area (Å²) in [6.07, 6.45) is 1.11. The van der Waals surface area contributed by atoms with Gasteiger partial charge in [-0.05, 0) is 19.8 Å². The molecule has 0 spiro atoms. The molecule has 13 heteroatoms. The Morgan fingerprint density at radius 2 is 1.94 bits per heavy atom. The zero-order valence-electron chi connectivity index (χ0n) is 19.5. The highest BCUT2D eigenvalue weighted by Crippen LogP contribution is 2.32. The molecule has 1 atom stereocenters. The maximum absolute atomic E-state index is 15.7. The van der Waals surface area contributed by atoms with Gasteiger partial charge in [0, 0.05) is 45.1 Å². The van der Waals surface area contributed by atoms with Gasteiger partial charge in [0.2, 0.25) is 11.8 Å². The molecule has 2 N–H and O–H groups in total. The molecule has 3 aromatic heterocycles. The fourth-order valence-corrected chi connectivity index (χ4v) is 3.78. The van der Waals surface area contributed by atoms with Gasteiger partial charge in [-0.25, -0.2) is 8.78 Å². The second kappa shape index (κ2) is 10.9. The van der Waals surface area contributed by atoms with Crippen molar-refractivity contribution in [2.45, 2.75) is 32.0 Å². The summed E-state index contributed by atoms with van der Waals surface area (Å²) in [6.45, 7) is 2.64. The number of hydrogen-bond donors (Lipinski definition) is 2. The van der Waals surface area contributed by atoms with Crippen molar-refractivity contribution in [3.05, 3.63) is 47.2 Å². The van der Waals surface area contributed by atoms with Crippen LogP contribution in [-0.2, 0) is 9.47 Å². The van der Waals surface area contributed by atoms with Crippen LogP contribution in [0.2, 0.25) is 0 Å². The summed E-state index contributed by atoms with van der Waals surface area (Å²) in [5.74, 6) is -2.60. The van der Waals surface area contributed by atoms with Crippen molar-refractivity contribution in [1.29, 1.82) is 0 Å². The van der Waals surface area contributed by atoms with Gasteiger partial charge in [0.15, 0.2) is 23.6 Å². The number of aryl methyl sites for hydroxylation is 1. The molecule has 1 unspecified atom stereocenters. The van der Waals surface area contributed by atoms with Crippen molar-refractivity contribution in [2.75, 3.05) is 44.1 Å². The molecule has 1 saturated heterocycles. The number of anilines is 3. The van der Waals surface area contributed by atoms with E-state index in [1.165, 1.54) is 7.11 Å². The van der Waals surface area contributed by atoms with Gasteiger partial charge in [0.25, 0.3) is 5.88 Å². The van der Waals surface area contributed by atoms with Crippen LogP contribution in [0, 0.1) is 24.4 Å². The number of hydrogen-bond acceptors (Lipinski definition) is 9. The van der Waals surface area contributed by atoms with Crippen LogP contribution in [0.4, 0.5) is 30.8 Å². The number of ether oxygens (including phenoxy) is 3. The first kappa shape index (κ1) is 24.7. The van der Waals surface area contributed by atoms with Gasteiger partial charge in [0.05, 0.1) is 18.9 Å². The molecule has 3 aromatic rings. The first-order valence-corrected chi connectivity index (χ1v) is 11.0. The number of aromatic nitrogens is 5. The molecule has 0 radical (unpaired) electrons. The van der Waals surface area contributed by atoms with Gasteiger partial charge in [-0.2, -0.15) is 19.5 Å². The maximum Gasteiger partial charge on any atom is 0.258 e. The third-order valence-electron chi connectivity index (χ3n) is 5.54. The third-order valence-corrected chi connectivity index (χ3v) is 5.54. The number of nitrogens with one attached hydrogen (secondary N) is 2. The molecule has 1 aliphatic heterocycles. The number of pyridine rings is 1. The summed E-state index contributed by atoms with van der Waals surface area (Å²) in [6, 6.07) is 2.39. The van der Waals surface area contributed by atoms with Gasteiger partial charge in [-0.1, -0.05) is 0 Å². The molecular weight excluding hydrogens is 467 g/mol. The normalized spacial score (nSPS) is 15.3. The number of halogens is 3. The van der Waals surface area contributed by atoms with Gasteiger partial charge >= 0.3 is 0 Å². The number of aromatic amines is 1. The molecule has 1 fully saturated rings. The van der Waals surface area contributed by atoms with Gasteiger partial charge in [0.1, 0.15) is 11.5 Å². The highest BCUT2D eigenvalue weighted by molar-refractivity contribution is 5.54. The van der Waals surface area contributed by atoms with Crippen LogP contribution in [0.5, 0.6) is 5.88 Å². The lowest BCUT2D eigenvalue weighted by atomic mass is 10.1. The largest absolute Gasteiger partial charge is 0.463 e. The predicted octanol–water partition coefficient (Wildman–Crippen LogP) is 3.45. The average Bonchev–Trinajstić information content (AvgIpc) is 3.25. The van der Waals surface area contributed by atoms with Crippen LogP contribution in [-0.4, -0.2) is 65.2 Å². The van der Waals surface area contributed by atoms with E-state index in [0.717, 1.165) is 11.9 Å². The monoisotopic (exact) mass is 493 g/mol. The van der Waals surface area contributed by atoms with Crippen LogP contribution >= 0.6 is 0 Å². The number of rotatable bonds is 9. The average molecular weight is 493 g/mol. The van der Waals surface area contributed by atoms with Gasteiger partial charge in [-0.15, -0.1) is 0 Å². The standard InChI is InChI=1S/C22H26F3N7O3/c1-12-8-17(31-30-12)27-22-28-20(32-6-4-14(34-3)5-7-32)18(25)21(29-22)35-16(11-33-2)19-15(24)9-13(23)10-26-19/h8-10,14,16H,4-7,11H2,1-3H3,(H2,27,28,29,30,31). The molecule has 0 amide bonds. The SMILES string of the molecule is COCC(Oc1nc(Nc2cc(C)[nH]n2)nc(N2CCC(OC)CC2)c1F)c1ncc(F)cc1F. The molecular formula is C22H26F3N7O3. The molecule has 0 aromatic carbocycles. The van der Waals surface area contributed by atoms with Crippen LogP contribution in [0.1, 0.15) is 30.3 Å². The molecule has 4 heterocycles. The second-order valence-electron chi connectivity index (χ2n) is 8.06. The van der Waals surface area contributed by atoms with E-state index in [9.17, 15) is 8.78 Å². The predicted molar refractivity (Wildman–Crippen MR) is 120 cm³/mol. The summed E-state index contributed by atoms with van der Waals surface area (Å²) in [5.41, 5.74) is 0.553. The Hall–Kier alpha value is -3.45. The van der Waals surface area contributed by atoms with Crippen molar-refractivity contribution in [3.8, 4) is 5.88 Å². The number of nitrogens with zero attached hydrogens (tertiary/aromatic N) is 5. The molecule has 0 bridgehead atoms. The Bertz CT molecular complexity index is 1160. The first-order chi connectivity index (χ1) is 16.9. The van der Waals surface area contributed by atoms with Gasteiger partial charge in [-0.3, -0.25) is 10.1 Å². The lowest BCUT2D eigenvalue weighted by Crippen LogP contribution is -2.38. The Morgan fingerprint density at radius 3 is 2.57 bits per heavy atom. The number of H-pyrrole nitrogens is 1. The Morgan fingerprint density at radius 1 is 1.17 bits per heavy atom. The molecule has 4 rings (SSSR count). The fourth-order valence-electron chi connectivity index (χ4n) is 3.78. The zero-order valence-corrected chi connectivity index (χ0v) is 19.5. The van der Waals surface area contributed by atoms with E-state index >= 15 is 4.39 Å². The van der Waals surface area contributed by atoms with E-state index in [1.54, 1.807) is 18.1 Å². The van der Waals surface area contributed by atoms with Gasteiger partial charge < -0.3 is 24.4 Å². The summed E-state index contributed by atoms with van der Waals surface area (Å²) in [5, 5.41) is 9.80. The van der Waals surface area contributed by atoms with E-state index in [0.29, 0.717) is 37.8 Å². The van der Waals surface area contributed by atoms with Crippen molar-refractivity contribution < 1.29 is 27.4 Å². The quantitative estimate of drug-likeness (QED) is 0.463. The molecule has 0 aliphatic carbocycles. The fraction of sp³-hybridized carbons (Fsp3) is 0.455. The minimum atomic E-state index is -1.20. The Balaban J connectivity index is 1.70. The Labute approximate surface area is 199 Å². The van der Waals surface area contributed by atoms with E-state index < -0.39 is 29.4 Å². The Kier molecular flexibility index (Phi) is 7.66. The maximum atomic E-state index is 15.7. The van der Waals surface area contributed by atoms with Crippen LogP contribution < -0.4 is 15.0 Å². The summed E-state index contributed by atoms with van der Waals surface area (Å²) < 4.78 is 59.7. The number of piperidine rings is 1. The van der Waals surface area contributed by atoms with Crippen LogP contribution in [0.15, 0.2) is 18.3 Å². The summed E-state index contributed by atoms with van der Waals surface area (Å²) >= 11 is 0. The first-order valence-electron chi connectivity index (χ1n) is 11.0. The van der Waals surface area contributed by atoms with Crippen molar-refractivity contribution in [1.82, 2.24) is 25.1 Å². The lowest BCUT2D eigenvalue weighted by molar-refractivity contribution is 0.0694. The molecule has 1 aliphatic rings. The summed E-state index contributed by atoms with van der Waals surface area (Å²) in [4.78, 5) is 14.0. The lowest BCUT2D eigenvalue weighted by Gasteiger charge is -2.32. The van der Waals surface area contributed by atoms with E-state index in [4.69, 9.17) is 14.2 Å². The van der Waals surface area contributed by atoms with E-state index in [2.05, 4.69) is 30.5 Å². The van der Waals surface area contributed by atoms with Crippen LogP contribution in [0.3, 0.4) is 0 Å². The van der Waals surface area contributed by atoms with E-state index in [1.807, 2.05) is 6.92 Å². The van der Waals surface area contributed by atoms with Crippen molar-refractivity contribution in [3.63, 3.8) is 0 Å². The third kappa shape index (κ3) is 5.80. The van der Waals surface area contributed by atoms with Crippen molar-refractivity contribution in [2.24, 2.45) is 0 Å². The van der Waals surface area contributed by atoms with E-state index in [-0.39, 0.29) is 30.2 Å². The number of methoxy groups -OCH3 is 2.